The maximum Gasteiger partial charge on any atom is 0.193 e. The molecule has 2 rings (SSSR count). The van der Waals surface area contributed by atoms with E-state index in [2.05, 4.69) is 20.4 Å². The van der Waals surface area contributed by atoms with Crippen molar-refractivity contribution in [3.8, 4) is 0 Å². The summed E-state index contributed by atoms with van der Waals surface area (Å²) in [6.07, 6.45) is 3.15. The maximum atomic E-state index is 12.0. The second-order valence-corrected chi connectivity index (χ2v) is 8.38. The van der Waals surface area contributed by atoms with E-state index < -0.39 is 14.6 Å². The van der Waals surface area contributed by atoms with Gasteiger partial charge in [-0.1, -0.05) is 0 Å². The molecule has 10 heteroatoms. The van der Waals surface area contributed by atoms with Gasteiger partial charge in [0.25, 0.3) is 0 Å². The normalized spacial score (nSPS) is 20.3. The summed E-state index contributed by atoms with van der Waals surface area (Å²) in [5, 5.41) is 7.26. The lowest BCUT2D eigenvalue weighted by molar-refractivity contribution is 0.352. The molecule has 1 aliphatic heterocycles. The van der Waals surface area contributed by atoms with Crippen molar-refractivity contribution in [1.82, 2.24) is 25.0 Å². The number of rotatable bonds is 3. The van der Waals surface area contributed by atoms with Gasteiger partial charge in [0.1, 0.15) is 12.7 Å². The summed E-state index contributed by atoms with van der Waals surface area (Å²) in [5.74, 6) is 0.877. The van der Waals surface area contributed by atoms with Crippen LogP contribution >= 0.6 is 24.0 Å². The van der Waals surface area contributed by atoms with E-state index in [1.54, 1.807) is 31.9 Å². The molecule has 22 heavy (non-hydrogen) atoms. The number of aliphatic imine (C=N–C) groups is 1. The Morgan fingerprint density at radius 3 is 2.73 bits per heavy atom. The van der Waals surface area contributed by atoms with Crippen LogP contribution < -0.4 is 5.32 Å². The van der Waals surface area contributed by atoms with Crippen molar-refractivity contribution in [1.29, 1.82) is 0 Å². The zero-order valence-corrected chi connectivity index (χ0v) is 16.2. The van der Waals surface area contributed by atoms with Crippen molar-refractivity contribution in [2.45, 2.75) is 25.1 Å². The first-order valence-electron chi connectivity index (χ1n) is 6.86. The molecule has 0 bridgehead atoms. The first-order chi connectivity index (χ1) is 9.86. The highest BCUT2D eigenvalue weighted by Crippen LogP contribution is 2.23. The third-order valence-corrected chi connectivity index (χ3v) is 6.18. The minimum absolute atomic E-state index is 0. The molecule has 0 saturated carbocycles. The molecule has 1 aliphatic rings. The van der Waals surface area contributed by atoms with Crippen LogP contribution in [0.15, 0.2) is 17.6 Å². The molecule has 0 spiro atoms. The van der Waals surface area contributed by atoms with E-state index in [0.29, 0.717) is 26.2 Å². The zero-order valence-electron chi connectivity index (χ0n) is 13.1. The molecule has 8 nitrogen and oxygen atoms in total. The van der Waals surface area contributed by atoms with Crippen molar-refractivity contribution in [3.63, 3.8) is 0 Å². The molecule has 126 valence electrons. The Morgan fingerprint density at radius 1 is 1.45 bits per heavy atom. The quantitative estimate of drug-likeness (QED) is 0.402. The molecule has 0 atom stereocenters. The highest BCUT2D eigenvalue weighted by Gasteiger charge is 2.40. The Labute approximate surface area is 148 Å². The van der Waals surface area contributed by atoms with Gasteiger partial charge in [-0.3, -0.25) is 9.67 Å². The van der Waals surface area contributed by atoms with Crippen molar-refractivity contribution in [2.24, 2.45) is 4.99 Å². The van der Waals surface area contributed by atoms with E-state index in [-0.39, 0.29) is 29.7 Å². The van der Waals surface area contributed by atoms with Crippen LogP contribution in [0.4, 0.5) is 0 Å². The average molecular weight is 442 g/mol. The molecular weight excluding hydrogens is 419 g/mol. The van der Waals surface area contributed by atoms with Gasteiger partial charge in [-0.15, -0.1) is 24.0 Å². The minimum atomic E-state index is -3.04. The van der Waals surface area contributed by atoms with E-state index in [0.717, 1.165) is 5.96 Å². The first kappa shape index (κ1) is 19.1. The summed E-state index contributed by atoms with van der Waals surface area (Å²) < 4.78 is 25.0. The topological polar surface area (TPSA) is 92.5 Å². The number of nitrogens with one attached hydrogen (secondary N) is 1. The molecule has 0 unspecified atom stereocenters. The third-order valence-electron chi connectivity index (χ3n) is 3.65. The van der Waals surface area contributed by atoms with Gasteiger partial charge in [0.05, 0.1) is 17.0 Å². The Morgan fingerprint density at radius 2 is 2.18 bits per heavy atom. The minimum Gasteiger partial charge on any atom is -0.354 e. The second-order valence-electron chi connectivity index (χ2n) is 5.63. The predicted molar refractivity (Wildman–Crippen MR) is 96.2 cm³/mol. The molecule has 0 amide bonds. The third kappa shape index (κ3) is 4.31. The molecule has 1 N–H and O–H groups in total. The van der Waals surface area contributed by atoms with Crippen molar-refractivity contribution < 1.29 is 8.42 Å². The fraction of sp³-hybridized carbons (Fsp3) is 0.750. The van der Waals surface area contributed by atoms with E-state index >= 15 is 0 Å². The zero-order chi connectivity index (χ0) is 15.5. The lowest BCUT2D eigenvalue weighted by Gasteiger charge is -2.39. The van der Waals surface area contributed by atoms with Crippen LogP contribution in [0.25, 0.3) is 0 Å². The van der Waals surface area contributed by atoms with Gasteiger partial charge in [-0.05, 0) is 13.8 Å². The Balaban J connectivity index is 0.00000242. The molecular formula is C12H23IN6O2S. The van der Waals surface area contributed by atoms with E-state index in [4.69, 9.17) is 0 Å². The van der Waals surface area contributed by atoms with Crippen LogP contribution in [-0.2, 0) is 16.4 Å². The van der Waals surface area contributed by atoms with Crippen LogP contribution in [0.5, 0.6) is 0 Å². The number of hydrogen-bond acceptors (Lipinski definition) is 5. The average Bonchev–Trinajstić information content (AvgIpc) is 2.91. The molecule has 1 aromatic heterocycles. The standard InChI is InChI=1S/C12H22N6O2S.HI/c1-12(2)8-17(6-7-21(12,19)20)11(13-3)15-4-5-18-10-14-9-16-18;/h9-10H,4-8H2,1-3H3,(H,13,15);1H. The molecule has 0 radical (unpaired) electrons. The Hall–Kier alpha value is -0.910. The molecule has 1 fully saturated rings. The van der Waals surface area contributed by atoms with Crippen molar-refractivity contribution in [3.05, 3.63) is 12.7 Å². The molecule has 1 saturated heterocycles. The second kappa shape index (κ2) is 7.57. The number of sulfone groups is 1. The van der Waals surface area contributed by atoms with E-state index in [1.165, 1.54) is 6.33 Å². The summed E-state index contributed by atoms with van der Waals surface area (Å²) in [6.45, 7) is 5.76. The molecule has 2 heterocycles. The summed E-state index contributed by atoms with van der Waals surface area (Å²) >= 11 is 0. The largest absolute Gasteiger partial charge is 0.354 e. The summed E-state index contributed by atoms with van der Waals surface area (Å²) in [4.78, 5) is 10.1. The number of hydrogen-bond donors (Lipinski definition) is 1. The molecule has 0 aromatic carbocycles. The van der Waals surface area contributed by atoms with E-state index in [1.807, 2.05) is 4.90 Å². The molecule has 1 aromatic rings. The maximum absolute atomic E-state index is 12.0. The Bertz CT molecular complexity index is 599. The summed E-state index contributed by atoms with van der Waals surface area (Å²) in [7, 11) is -1.34. The summed E-state index contributed by atoms with van der Waals surface area (Å²) in [5.41, 5.74) is 0. The fourth-order valence-electron chi connectivity index (χ4n) is 2.29. The number of nitrogens with zero attached hydrogens (tertiary/aromatic N) is 5. The van der Waals surface area contributed by atoms with Gasteiger partial charge < -0.3 is 10.2 Å². The molecule has 0 aliphatic carbocycles. The van der Waals surface area contributed by atoms with Gasteiger partial charge >= 0.3 is 0 Å². The van der Waals surface area contributed by atoms with Crippen molar-refractivity contribution >= 4 is 39.8 Å². The number of halogens is 1. The van der Waals surface area contributed by atoms with Gasteiger partial charge in [-0.2, -0.15) is 5.10 Å². The van der Waals surface area contributed by atoms with Crippen molar-refractivity contribution in [2.75, 3.05) is 32.4 Å². The fourth-order valence-corrected chi connectivity index (χ4v) is 3.65. The summed E-state index contributed by atoms with van der Waals surface area (Å²) in [6, 6.07) is 0. The smallest absolute Gasteiger partial charge is 0.193 e. The van der Waals surface area contributed by atoms with Crippen LogP contribution in [-0.4, -0.2) is 71.2 Å². The first-order valence-corrected chi connectivity index (χ1v) is 8.51. The van der Waals surface area contributed by atoms with E-state index in [9.17, 15) is 8.42 Å². The van der Waals surface area contributed by atoms with Crippen LogP contribution in [0.3, 0.4) is 0 Å². The Kier molecular flexibility index (Phi) is 6.59. The lowest BCUT2D eigenvalue weighted by Crippen LogP contribution is -2.57. The van der Waals surface area contributed by atoms with Crippen LogP contribution in [0, 0.1) is 0 Å². The van der Waals surface area contributed by atoms with Gasteiger partial charge in [0.15, 0.2) is 15.8 Å². The number of guanidine groups is 1. The SMILES string of the molecule is CN=C(NCCn1cncn1)N1CCS(=O)(=O)C(C)(C)C1.I. The lowest BCUT2D eigenvalue weighted by atomic mass is 10.2. The van der Waals surface area contributed by atoms with Gasteiger partial charge in [0, 0.05) is 26.7 Å². The predicted octanol–water partition coefficient (Wildman–Crippen LogP) is -0.0195. The highest BCUT2D eigenvalue weighted by molar-refractivity contribution is 14.0. The highest BCUT2D eigenvalue weighted by atomic mass is 127. The van der Waals surface area contributed by atoms with Crippen LogP contribution in [0.2, 0.25) is 0 Å². The van der Waals surface area contributed by atoms with Gasteiger partial charge in [-0.25, -0.2) is 13.4 Å². The van der Waals surface area contributed by atoms with Gasteiger partial charge in [0.2, 0.25) is 0 Å². The monoisotopic (exact) mass is 442 g/mol. The van der Waals surface area contributed by atoms with Crippen LogP contribution in [0.1, 0.15) is 13.8 Å². The number of aromatic nitrogens is 3.